The van der Waals surface area contributed by atoms with Crippen molar-refractivity contribution in [3.63, 3.8) is 0 Å². The first-order valence-electron chi connectivity index (χ1n) is 5.60. The highest BCUT2D eigenvalue weighted by molar-refractivity contribution is 9.10. The summed E-state index contributed by atoms with van der Waals surface area (Å²) in [5, 5.41) is 0. The predicted molar refractivity (Wildman–Crippen MR) is 65.0 cm³/mol. The van der Waals surface area contributed by atoms with Crippen molar-refractivity contribution in [3.8, 4) is 11.3 Å². The molecular weight excluding hydrogens is 366 g/mol. The Hall–Kier alpha value is -1.48. The van der Waals surface area contributed by atoms with Gasteiger partial charge in [0.15, 0.2) is 6.20 Å². The lowest BCUT2D eigenvalue weighted by atomic mass is 10.2. The lowest BCUT2D eigenvalue weighted by Gasteiger charge is -2.17. The molecule has 1 aromatic carbocycles. The van der Waals surface area contributed by atoms with E-state index in [0.717, 1.165) is 21.5 Å². The maximum atomic E-state index is 8.49. The normalized spacial score (nSPS) is 11.1. The SMILES string of the molecule is Brc1ccc(-c2c[n+]3ccccc3o2)cc1.[O-][Cl+3]([O-])([O-])[O-]. The van der Waals surface area contributed by atoms with Gasteiger partial charge >= 0.3 is 5.71 Å². The minimum atomic E-state index is -4.94. The van der Waals surface area contributed by atoms with Crippen LogP contribution in [0.15, 0.2) is 63.7 Å². The van der Waals surface area contributed by atoms with Crippen molar-refractivity contribution < 1.29 is 37.7 Å². The van der Waals surface area contributed by atoms with Crippen LogP contribution in [0.5, 0.6) is 0 Å². The number of aromatic nitrogens is 1. The number of rotatable bonds is 1. The first kappa shape index (κ1) is 15.9. The molecule has 21 heavy (non-hydrogen) atoms. The second-order valence-corrected chi connectivity index (χ2v) is 5.60. The molecule has 3 rings (SSSR count). The van der Waals surface area contributed by atoms with Crippen LogP contribution in [0.2, 0.25) is 0 Å². The third-order valence-corrected chi connectivity index (χ3v) is 2.98. The number of nitrogens with zero attached hydrogens (tertiary/aromatic N) is 1. The zero-order valence-electron chi connectivity index (χ0n) is 10.4. The first-order valence-corrected chi connectivity index (χ1v) is 7.63. The molecule has 0 fully saturated rings. The molecule has 2 aromatic heterocycles. The van der Waals surface area contributed by atoms with Gasteiger partial charge in [-0.05, 0) is 30.3 Å². The first-order chi connectivity index (χ1) is 9.83. The van der Waals surface area contributed by atoms with E-state index in [2.05, 4.69) is 15.9 Å². The molecule has 0 atom stereocenters. The third kappa shape index (κ3) is 5.09. The molecule has 8 heteroatoms. The van der Waals surface area contributed by atoms with Crippen LogP contribution >= 0.6 is 15.9 Å². The van der Waals surface area contributed by atoms with Gasteiger partial charge < -0.3 is 4.42 Å². The van der Waals surface area contributed by atoms with Gasteiger partial charge in [0, 0.05) is 16.1 Å². The molecule has 0 saturated carbocycles. The van der Waals surface area contributed by atoms with Gasteiger partial charge in [-0.25, -0.2) is 18.6 Å². The van der Waals surface area contributed by atoms with E-state index in [4.69, 9.17) is 23.1 Å². The van der Waals surface area contributed by atoms with Gasteiger partial charge in [-0.15, -0.1) is 14.6 Å². The Bertz CT molecular complexity index is 684. The summed E-state index contributed by atoms with van der Waals surface area (Å²) in [6.45, 7) is 0. The Morgan fingerprint density at radius 3 is 2.14 bits per heavy atom. The molecule has 6 nitrogen and oxygen atoms in total. The van der Waals surface area contributed by atoms with Crippen LogP contribution in [0, 0.1) is 10.2 Å². The Kier molecular flexibility index (Phi) is 4.94. The van der Waals surface area contributed by atoms with E-state index in [1.165, 1.54) is 0 Å². The van der Waals surface area contributed by atoms with E-state index in [1.807, 2.05) is 59.3 Å². The summed E-state index contributed by atoms with van der Waals surface area (Å²) in [5.41, 5.74) is 1.92. The lowest BCUT2D eigenvalue weighted by molar-refractivity contribution is -2.00. The summed E-state index contributed by atoms with van der Waals surface area (Å²) in [6.07, 6.45) is 3.96. The van der Waals surface area contributed by atoms with E-state index in [1.54, 1.807) is 0 Å². The molecule has 2 heterocycles. The number of oxazole rings is 1. The van der Waals surface area contributed by atoms with Crippen LogP contribution < -0.4 is 23.0 Å². The Balaban J connectivity index is 0.000000282. The van der Waals surface area contributed by atoms with Crippen LogP contribution in [0.1, 0.15) is 0 Å². The third-order valence-electron chi connectivity index (χ3n) is 2.45. The Morgan fingerprint density at radius 2 is 1.57 bits per heavy atom. The molecule has 0 aliphatic heterocycles. The highest BCUT2D eigenvalue weighted by Crippen LogP contribution is 2.21. The standard InChI is InChI=1S/C13H9BrNO.ClHO4/c14-11-6-4-10(5-7-11)12-9-15-8-2-1-3-13(15)16-12;2-1(3,4)5/h1-9H;(H,2,3,4,5)/q+1;/p-1. The minimum Gasteiger partial charge on any atom is -0.398 e. The van der Waals surface area contributed by atoms with Crippen molar-refractivity contribution >= 4 is 21.6 Å². The molecule has 110 valence electrons. The van der Waals surface area contributed by atoms with Crippen molar-refractivity contribution in [2.75, 3.05) is 0 Å². The molecule has 0 saturated heterocycles. The maximum Gasteiger partial charge on any atom is 0.379 e. The van der Waals surface area contributed by atoms with Crippen LogP contribution in [0.25, 0.3) is 17.0 Å². The largest absolute Gasteiger partial charge is 0.398 e. The maximum absolute atomic E-state index is 8.49. The van der Waals surface area contributed by atoms with Gasteiger partial charge in [0.25, 0.3) is 0 Å². The molecule has 0 unspecified atom stereocenters. The number of pyridine rings is 1. The second kappa shape index (κ2) is 6.52. The van der Waals surface area contributed by atoms with Crippen molar-refractivity contribution in [2.45, 2.75) is 0 Å². The van der Waals surface area contributed by atoms with Gasteiger partial charge in [-0.3, -0.25) is 0 Å². The summed E-state index contributed by atoms with van der Waals surface area (Å²) in [5.74, 6) is 0.874. The molecule has 0 N–H and O–H groups in total. The van der Waals surface area contributed by atoms with Crippen LogP contribution in [-0.4, -0.2) is 0 Å². The summed E-state index contributed by atoms with van der Waals surface area (Å²) in [7, 11) is -4.94. The Morgan fingerprint density at radius 1 is 0.952 bits per heavy atom. The zero-order chi connectivity index (χ0) is 15.5. The fourth-order valence-electron chi connectivity index (χ4n) is 1.65. The smallest absolute Gasteiger partial charge is 0.379 e. The lowest BCUT2D eigenvalue weighted by Crippen LogP contribution is -2.68. The van der Waals surface area contributed by atoms with Gasteiger partial charge in [-0.2, -0.15) is 0 Å². The van der Waals surface area contributed by atoms with Gasteiger partial charge in [-0.1, -0.05) is 15.9 Å². The number of halogens is 2. The van der Waals surface area contributed by atoms with Crippen LogP contribution in [0.4, 0.5) is 0 Å². The molecule has 0 aliphatic rings. The van der Waals surface area contributed by atoms with Crippen molar-refractivity contribution in [1.29, 1.82) is 0 Å². The summed E-state index contributed by atoms with van der Waals surface area (Å²) >= 11 is 3.42. The molecule has 0 radical (unpaired) electrons. The van der Waals surface area contributed by atoms with Crippen molar-refractivity contribution in [2.24, 2.45) is 0 Å². The summed E-state index contributed by atoms with van der Waals surface area (Å²) in [6, 6.07) is 14.0. The van der Waals surface area contributed by atoms with E-state index in [-0.39, 0.29) is 0 Å². The molecule has 0 aliphatic carbocycles. The molecule has 3 aromatic rings. The van der Waals surface area contributed by atoms with E-state index in [9.17, 15) is 0 Å². The van der Waals surface area contributed by atoms with Crippen LogP contribution in [-0.2, 0) is 0 Å². The number of benzene rings is 1. The topological polar surface area (TPSA) is 109 Å². The molecule has 0 amide bonds. The highest BCUT2D eigenvalue weighted by Gasteiger charge is 2.11. The molecule has 0 bridgehead atoms. The number of hydrogen-bond acceptors (Lipinski definition) is 5. The zero-order valence-corrected chi connectivity index (χ0v) is 12.8. The van der Waals surface area contributed by atoms with Crippen LogP contribution in [0.3, 0.4) is 0 Å². The average Bonchev–Trinajstić information content (AvgIpc) is 2.81. The minimum absolute atomic E-state index is 0.848. The van der Waals surface area contributed by atoms with Gasteiger partial charge in [0.2, 0.25) is 12.0 Å². The average molecular weight is 375 g/mol. The number of fused-ring (bicyclic) bond motifs is 1. The summed E-state index contributed by atoms with van der Waals surface area (Å²) in [4.78, 5) is 0. The van der Waals surface area contributed by atoms with E-state index < -0.39 is 10.2 Å². The Labute approximate surface area is 130 Å². The van der Waals surface area contributed by atoms with Crippen molar-refractivity contribution in [1.82, 2.24) is 0 Å². The quantitative estimate of drug-likeness (QED) is 0.491. The highest BCUT2D eigenvalue weighted by atomic mass is 79.9. The van der Waals surface area contributed by atoms with Crippen molar-refractivity contribution in [3.05, 3.63) is 59.3 Å². The predicted octanol–water partition coefficient (Wildman–Crippen LogP) is -1.31. The fraction of sp³-hybridized carbons (Fsp3) is 0. The monoisotopic (exact) mass is 373 g/mol. The van der Waals surface area contributed by atoms with E-state index in [0.29, 0.717) is 0 Å². The van der Waals surface area contributed by atoms with E-state index >= 15 is 0 Å². The molecular formula is C13H9BrClNO5. The fourth-order valence-corrected chi connectivity index (χ4v) is 1.91. The summed E-state index contributed by atoms with van der Waals surface area (Å²) < 4.78 is 42.8. The number of hydrogen-bond donors (Lipinski definition) is 0. The second-order valence-electron chi connectivity index (χ2n) is 3.93. The van der Waals surface area contributed by atoms with Gasteiger partial charge in [0.1, 0.15) is 0 Å². The molecule has 0 spiro atoms. The van der Waals surface area contributed by atoms with Gasteiger partial charge in [0.05, 0.1) is 6.07 Å².